The lowest BCUT2D eigenvalue weighted by Gasteiger charge is -2.27. The van der Waals surface area contributed by atoms with Crippen LogP contribution in [0.15, 0.2) is 12.2 Å². The Kier molecular flexibility index (Phi) is 1.53. The van der Waals surface area contributed by atoms with E-state index in [2.05, 4.69) is 12.2 Å². The summed E-state index contributed by atoms with van der Waals surface area (Å²) in [6.45, 7) is 0. The van der Waals surface area contributed by atoms with E-state index in [1.165, 1.54) is 19.3 Å². The molecule has 0 spiro atoms. The molecule has 1 fully saturated rings. The van der Waals surface area contributed by atoms with Crippen LogP contribution >= 0.6 is 0 Å². The summed E-state index contributed by atoms with van der Waals surface area (Å²) in [5, 5.41) is 0. The van der Waals surface area contributed by atoms with E-state index < -0.39 is 0 Å². The summed E-state index contributed by atoms with van der Waals surface area (Å²) in [4.78, 5) is 0. The first-order chi connectivity index (χ1) is 4.90. The summed E-state index contributed by atoms with van der Waals surface area (Å²) in [5.74, 6) is 1.63. The van der Waals surface area contributed by atoms with Crippen molar-refractivity contribution in [1.82, 2.24) is 0 Å². The fraction of sp³-hybridized carbons (Fsp3) is 0.778. The summed E-state index contributed by atoms with van der Waals surface area (Å²) in [6, 6.07) is 0. The van der Waals surface area contributed by atoms with E-state index in [1.54, 1.807) is 0 Å². The van der Waals surface area contributed by atoms with Gasteiger partial charge in [0.1, 0.15) is 0 Å². The Bertz CT molecular complexity index is 151. The van der Waals surface area contributed by atoms with Gasteiger partial charge in [0.05, 0.1) is 6.10 Å². The van der Waals surface area contributed by atoms with Gasteiger partial charge in [-0.2, -0.15) is 0 Å². The standard InChI is InChI=1S/C9H14O/c1-10-9-5-3-7-2-4-8(9)6-7/h2,4,7-9H,3,5-6H2,1H3/t7-,8+,9+/m1/s1. The van der Waals surface area contributed by atoms with E-state index in [4.69, 9.17) is 4.74 Å². The average Bonchev–Trinajstić information content (AvgIpc) is 2.34. The Morgan fingerprint density at radius 3 is 3.00 bits per heavy atom. The molecule has 0 aromatic rings. The van der Waals surface area contributed by atoms with Crippen molar-refractivity contribution in [2.24, 2.45) is 11.8 Å². The highest BCUT2D eigenvalue weighted by molar-refractivity contribution is 5.07. The quantitative estimate of drug-likeness (QED) is 0.503. The van der Waals surface area contributed by atoms with Gasteiger partial charge in [-0.05, 0) is 25.2 Å². The molecule has 0 amide bonds. The van der Waals surface area contributed by atoms with E-state index in [9.17, 15) is 0 Å². The second-order valence-corrected chi connectivity index (χ2v) is 3.40. The van der Waals surface area contributed by atoms with Crippen LogP contribution in [0.1, 0.15) is 19.3 Å². The van der Waals surface area contributed by atoms with Crippen LogP contribution < -0.4 is 0 Å². The first-order valence-electron chi connectivity index (χ1n) is 4.11. The van der Waals surface area contributed by atoms with Crippen molar-refractivity contribution < 1.29 is 4.74 Å². The fourth-order valence-corrected chi connectivity index (χ4v) is 2.18. The Morgan fingerprint density at radius 1 is 1.30 bits per heavy atom. The van der Waals surface area contributed by atoms with Gasteiger partial charge in [0, 0.05) is 13.0 Å². The highest BCUT2D eigenvalue weighted by Crippen LogP contribution is 2.37. The van der Waals surface area contributed by atoms with Crippen LogP contribution in [0.4, 0.5) is 0 Å². The molecule has 0 radical (unpaired) electrons. The molecular formula is C9H14O. The monoisotopic (exact) mass is 138 g/mol. The van der Waals surface area contributed by atoms with Crippen molar-refractivity contribution in [1.29, 1.82) is 0 Å². The molecule has 56 valence electrons. The van der Waals surface area contributed by atoms with Gasteiger partial charge in [-0.15, -0.1) is 0 Å². The normalized spacial score (nSPS) is 44.3. The Labute approximate surface area is 62.1 Å². The summed E-state index contributed by atoms with van der Waals surface area (Å²) in [6.07, 6.45) is 9.17. The lowest BCUT2D eigenvalue weighted by Crippen LogP contribution is -2.25. The van der Waals surface area contributed by atoms with Crippen molar-refractivity contribution in [3.8, 4) is 0 Å². The molecule has 0 aromatic carbocycles. The molecule has 0 heterocycles. The second-order valence-electron chi connectivity index (χ2n) is 3.40. The van der Waals surface area contributed by atoms with Gasteiger partial charge in [0.2, 0.25) is 0 Å². The predicted molar refractivity (Wildman–Crippen MR) is 40.8 cm³/mol. The topological polar surface area (TPSA) is 9.23 Å². The van der Waals surface area contributed by atoms with E-state index >= 15 is 0 Å². The van der Waals surface area contributed by atoms with E-state index in [-0.39, 0.29) is 0 Å². The first-order valence-corrected chi connectivity index (χ1v) is 4.11. The number of hydrogen-bond donors (Lipinski definition) is 0. The molecule has 0 unspecified atom stereocenters. The van der Waals surface area contributed by atoms with Crippen LogP contribution in [0.3, 0.4) is 0 Å². The molecule has 1 saturated carbocycles. The van der Waals surface area contributed by atoms with E-state index in [0.717, 1.165) is 11.8 Å². The highest BCUT2D eigenvalue weighted by atomic mass is 16.5. The van der Waals surface area contributed by atoms with Crippen LogP contribution in [0, 0.1) is 11.8 Å². The molecule has 3 atom stereocenters. The van der Waals surface area contributed by atoms with Gasteiger partial charge in [-0.1, -0.05) is 12.2 Å². The molecule has 0 N–H and O–H groups in total. The maximum Gasteiger partial charge on any atom is 0.0634 e. The van der Waals surface area contributed by atoms with Crippen LogP contribution in [-0.4, -0.2) is 13.2 Å². The second kappa shape index (κ2) is 2.39. The van der Waals surface area contributed by atoms with Crippen molar-refractivity contribution in [3.05, 3.63) is 12.2 Å². The number of fused-ring (bicyclic) bond motifs is 2. The minimum atomic E-state index is 0.523. The largest absolute Gasteiger partial charge is 0.381 e. The molecule has 10 heavy (non-hydrogen) atoms. The van der Waals surface area contributed by atoms with Crippen molar-refractivity contribution >= 4 is 0 Å². The first kappa shape index (κ1) is 6.41. The summed E-state index contributed by atoms with van der Waals surface area (Å²) in [5.41, 5.74) is 0. The van der Waals surface area contributed by atoms with Crippen LogP contribution in [0.25, 0.3) is 0 Å². The molecule has 2 rings (SSSR count). The third-order valence-corrected chi connectivity index (χ3v) is 2.81. The zero-order chi connectivity index (χ0) is 6.97. The van der Waals surface area contributed by atoms with Gasteiger partial charge >= 0.3 is 0 Å². The van der Waals surface area contributed by atoms with Crippen molar-refractivity contribution in [2.45, 2.75) is 25.4 Å². The molecular weight excluding hydrogens is 124 g/mol. The number of ether oxygens (including phenoxy) is 1. The number of allylic oxidation sites excluding steroid dienone is 1. The molecule has 0 saturated heterocycles. The SMILES string of the molecule is CO[C@H]1CC[C@H]2C=C[C@H]1C2. The minimum Gasteiger partial charge on any atom is -0.381 e. The molecule has 0 aromatic heterocycles. The molecule has 2 bridgehead atoms. The fourth-order valence-electron chi connectivity index (χ4n) is 2.18. The van der Waals surface area contributed by atoms with Crippen molar-refractivity contribution in [3.63, 3.8) is 0 Å². The lowest BCUT2D eigenvalue weighted by atomic mass is 9.86. The summed E-state index contributed by atoms with van der Waals surface area (Å²) >= 11 is 0. The molecule has 2 aliphatic carbocycles. The van der Waals surface area contributed by atoms with E-state index in [1.807, 2.05) is 7.11 Å². The third kappa shape index (κ3) is 0.891. The average molecular weight is 138 g/mol. The van der Waals surface area contributed by atoms with Gasteiger partial charge in [0.25, 0.3) is 0 Å². The summed E-state index contributed by atoms with van der Waals surface area (Å²) in [7, 11) is 1.83. The molecule has 2 aliphatic rings. The lowest BCUT2D eigenvalue weighted by molar-refractivity contribution is 0.0389. The Morgan fingerprint density at radius 2 is 2.20 bits per heavy atom. The van der Waals surface area contributed by atoms with Gasteiger partial charge in [-0.25, -0.2) is 0 Å². The van der Waals surface area contributed by atoms with Gasteiger partial charge < -0.3 is 4.74 Å². The van der Waals surface area contributed by atoms with E-state index in [0.29, 0.717) is 6.10 Å². The van der Waals surface area contributed by atoms with Crippen LogP contribution in [-0.2, 0) is 4.74 Å². The smallest absolute Gasteiger partial charge is 0.0634 e. The molecule has 1 heteroatoms. The van der Waals surface area contributed by atoms with Crippen LogP contribution in [0.5, 0.6) is 0 Å². The molecule has 1 nitrogen and oxygen atoms in total. The number of hydrogen-bond acceptors (Lipinski definition) is 1. The zero-order valence-electron chi connectivity index (χ0n) is 6.42. The minimum absolute atomic E-state index is 0.523. The zero-order valence-corrected chi connectivity index (χ0v) is 6.42. The maximum absolute atomic E-state index is 5.37. The maximum atomic E-state index is 5.37. The van der Waals surface area contributed by atoms with Crippen molar-refractivity contribution in [2.75, 3.05) is 7.11 Å². The van der Waals surface area contributed by atoms with Gasteiger partial charge in [-0.3, -0.25) is 0 Å². The molecule has 0 aliphatic heterocycles. The number of methoxy groups -OCH3 is 1. The predicted octanol–water partition coefficient (Wildman–Crippen LogP) is 1.99. The Hall–Kier alpha value is -0.300. The van der Waals surface area contributed by atoms with Gasteiger partial charge in [0.15, 0.2) is 0 Å². The third-order valence-electron chi connectivity index (χ3n) is 2.81. The van der Waals surface area contributed by atoms with Crippen LogP contribution in [0.2, 0.25) is 0 Å². The number of rotatable bonds is 1. The highest BCUT2D eigenvalue weighted by Gasteiger charge is 2.31. The Balaban J connectivity index is 2.06. The summed E-state index contributed by atoms with van der Waals surface area (Å²) < 4.78 is 5.37.